The molecule has 2 N–H and O–H groups in total. The number of hydrogen-bond acceptors (Lipinski definition) is 4. The van der Waals surface area contributed by atoms with E-state index in [0.29, 0.717) is 40.7 Å². The third-order valence-corrected chi connectivity index (χ3v) is 6.88. The van der Waals surface area contributed by atoms with E-state index in [-0.39, 0.29) is 22.4 Å². The van der Waals surface area contributed by atoms with Gasteiger partial charge < -0.3 is 15.2 Å². The van der Waals surface area contributed by atoms with E-state index in [2.05, 4.69) is 5.32 Å². The summed E-state index contributed by atoms with van der Waals surface area (Å²) in [6.07, 6.45) is 3.24. The van der Waals surface area contributed by atoms with Gasteiger partial charge >= 0.3 is 0 Å². The van der Waals surface area contributed by atoms with Crippen molar-refractivity contribution in [2.24, 2.45) is 5.92 Å². The average Bonchev–Trinajstić information content (AvgIpc) is 2.90. The van der Waals surface area contributed by atoms with Gasteiger partial charge in [0.25, 0.3) is 0 Å². The van der Waals surface area contributed by atoms with Crippen LogP contribution in [0.2, 0.25) is 0 Å². The molecule has 1 fully saturated rings. The number of halogens is 3. The Kier molecular flexibility index (Phi) is 7.15. The molecule has 4 aromatic rings. The molecule has 4 aromatic carbocycles. The number of piperidine rings is 1. The maximum atomic E-state index is 14.8. The molecular weight excluding hydrogens is 479 g/mol. The lowest BCUT2D eigenvalue weighted by Gasteiger charge is -2.22. The van der Waals surface area contributed by atoms with E-state index in [1.165, 1.54) is 24.3 Å². The number of nitrogens with one attached hydrogen (secondary N) is 1. The number of phenols is 1. The van der Waals surface area contributed by atoms with Gasteiger partial charge in [-0.15, -0.1) is 0 Å². The third-order valence-electron chi connectivity index (χ3n) is 6.88. The van der Waals surface area contributed by atoms with Crippen LogP contribution in [0.4, 0.5) is 13.2 Å². The van der Waals surface area contributed by atoms with Crippen molar-refractivity contribution in [3.8, 4) is 22.6 Å². The number of ketones is 1. The normalized spacial score (nSPS) is 14.1. The van der Waals surface area contributed by atoms with Gasteiger partial charge in [0.05, 0.1) is 6.61 Å². The number of ether oxygens (including phenoxy) is 1. The van der Waals surface area contributed by atoms with Gasteiger partial charge in [-0.05, 0) is 103 Å². The molecule has 0 saturated carbocycles. The number of fused-ring (bicyclic) bond motifs is 1. The van der Waals surface area contributed by atoms with Gasteiger partial charge in [0.1, 0.15) is 17.3 Å². The summed E-state index contributed by atoms with van der Waals surface area (Å²) in [7, 11) is 0. The van der Waals surface area contributed by atoms with Crippen LogP contribution in [0.15, 0.2) is 66.7 Å². The highest BCUT2D eigenvalue weighted by molar-refractivity contribution is 6.20. The molecular formula is C30H26F3NO3. The second-order valence-corrected chi connectivity index (χ2v) is 9.33. The fourth-order valence-electron chi connectivity index (χ4n) is 4.90. The Morgan fingerprint density at radius 1 is 0.919 bits per heavy atom. The molecule has 0 aliphatic carbocycles. The van der Waals surface area contributed by atoms with E-state index in [0.717, 1.165) is 38.4 Å². The minimum Gasteiger partial charge on any atom is -0.508 e. The summed E-state index contributed by atoms with van der Waals surface area (Å²) in [6, 6.07) is 15.4. The molecule has 0 spiro atoms. The van der Waals surface area contributed by atoms with Crippen molar-refractivity contribution in [3.05, 3.63) is 95.3 Å². The van der Waals surface area contributed by atoms with Gasteiger partial charge in [0.2, 0.25) is 0 Å². The molecule has 1 aliphatic heterocycles. The fraction of sp³-hybridized carbons (Fsp3) is 0.233. The minimum atomic E-state index is -1.34. The first kappa shape index (κ1) is 24.8. The quantitative estimate of drug-likeness (QED) is 0.219. The first-order valence-electron chi connectivity index (χ1n) is 12.3. The number of hydrogen-bond donors (Lipinski definition) is 2. The molecule has 1 aliphatic rings. The smallest absolute Gasteiger partial charge is 0.194 e. The van der Waals surface area contributed by atoms with Crippen LogP contribution in [0, 0.1) is 23.4 Å². The topological polar surface area (TPSA) is 58.6 Å². The van der Waals surface area contributed by atoms with Gasteiger partial charge in [-0.1, -0.05) is 12.1 Å². The predicted octanol–water partition coefficient (Wildman–Crippen LogP) is 6.63. The number of carbonyl (C=O) groups excluding carboxylic acids is 1. The predicted molar refractivity (Wildman–Crippen MR) is 137 cm³/mol. The zero-order chi connectivity index (χ0) is 25.9. The zero-order valence-corrected chi connectivity index (χ0v) is 20.1. The molecule has 7 heteroatoms. The first-order valence-corrected chi connectivity index (χ1v) is 12.3. The lowest BCUT2D eigenvalue weighted by atomic mass is 9.89. The van der Waals surface area contributed by atoms with Crippen molar-refractivity contribution in [1.82, 2.24) is 5.32 Å². The molecule has 0 bridgehead atoms. The first-order chi connectivity index (χ1) is 17.9. The molecule has 1 heterocycles. The summed E-state index contributed by atoms with van der Waals surface area (Å²) in [5.74, 6) is -2.73. The van der Waals surface area contributed by atoms with Crippen LogP contribution >= 0.6 is 0 Å². The lowest BCUT2D eigenvalue weighted by molar-refractivity contribution is 0.104. The lowest BCUT2D eigenvalue weighted by Crippen LogP contribution is -2.28. The van der Waals surface area contributed by atoms with Crippen molar-refractivity contribution in [3.63, 3.8) is 0 Å². The largest absolute Gasteiger partial charge is 0.508 e. The summed E-state index contributed by atoms with van der Waals surface area (Å²) in [5.41, 5.74) is 0.0980. The third kappa shape index (κ3) is 5.32. The number of aromatic hydroxyl groups is 1. The van der Waals surface area contributed by atoms with Crippen molar-refractivity contribution >= 4 is 16.6 Å². The number of carbonyl (C=O) groups is 1. The molecule has 4 nitrogen and oxygen atoms in total. The van der Waals surface area contributed by atoms with Gasteiger partial charge in [0, 0.05) is 22.8 Å². The number of benzene rings is 4. The standard InChI is InChI=1S/C30H26F3NO3/c31-21-16-26(29(33)27(32)17-21)25-7-3-20-15-22(35)4-8-24(20)28(25)30(36)19-1-5-23(6-2-19)37-14-11-18-9-12-34-13-10-18/h1-8,15-18,34-35H,9-14H2. The van der Waals surface area contributed by atoms with Gasteiger partial charge in [-0.2, -0.15) is 0 Å². The van der Waals surface area contributed by atoms with Crippen LogP contribution in [-0.2, 0) is 0 Å². The summed E-state index contributed by atoms with van der Waals surface area (Å²) >= 11 is 0. The van der Waals surface area contributed by atoms with Gasteiger partial charge in [-0.25, -0.2) is 13.2 Å². The van der Waals surface area contributed by atoms with Crippen LogP contribution in [0.5, 0.6) is 11.5 Å². The Bertz CT molecular complexity index is 1450. The highest BCUT2D eigenvalue weighted by Crippen LogP contribution is 2.36. The Hall–Kier alpha value is -3.84. The van der Waals surface area contributed by atoms with E-state index in [9.17, 15) is 23.1 Å². The van der Waals surface area contributed by atoms with E-state index >= 15 is 0 Å². The van der Waals surface area contributed by atoms with Crippen LogP contribution in [0.1, 0.15) is 35.2 Å². The van der Waals surface area contributed by atoms with Gasteiger partial charge in [0.15, 0.2) is 17.4 Å². The second-order valence-electron chi connectivity index (χ2n) is 9.33. The molecule has 37 heavy (non-hydrogen) atoms. The Morgan fingerprint density at radius 3 is 2.43 bits per heavy atom. The zero-order valence-electron chi connectivity index (χ0n) is 20.1. The Labute approximate surface area is 212 Å². The maximum absolute atomic E-state index is 14.8. The van der Waals surface area contributed by atoms with Crippen LogP contribution in [0.3, 0.4) is 0 Å². The highest BCUT2D eigenvalue weighted by Gasteiger charge is 2.23. The van der Waals surface area contributed by atoms with Crippen molar-refractivity contribution in [1.29, 1.82) is 0 Å². The Morgan fingerprint density at radius 2 is 1.68 bits per heavy atom. The fourth-order valence-corrected chi connectivity index (χ4v) is 4.90. The summed E-state index contributed by atoms with van der Waals surface area (Å²) in [6.45, 7) is 2.65. The SMILES string of the molecule is O=C(c1ccc(OCCC2CCNCC2)cc1)c1c(-c2cc(F)cc(F)c2F)ccc2cc(O)ccc12. The summed E-state index contributed by atoms with van der Waals surface area (Å²) in [5, 5.41) is 14.2. The van der Waals surface area contributed by atoms with Crippen LogP contribution < -0.4 is 10.1 Å². The highest BCUT2D eigenvalue weighted by atomic mass is 19.2. The monoisotopic (exact) mass is 505 g/mol. The van der Waals surface area contributed by atoms with Gasteiger partial charge in [-0.3, -0.25) is 4.79 Å². The maximum Gasteiger partial charge on any atom is 0.194 e. The molecule has 190 valence electrons. The van der Waals surface area contributed by atoms with Crippen LogP contribution in [0.25, 0.3) is 21.9 Å². The number of rotatable bonds is 7. The van der Waals surface area contributed by atoms with Crippen molar-refractivity contribution in [2.45, 2.75) is 19.3 Å². The number of phenolic OH excluding ortho intramolecular Hbond substituents is 1. The molecule has 0 aromatic heterocycles. The van der Waals surface area contributed by atoms with E-state index in [1.54, 1.807) is 30.3 Å². The molecule has 0 atom stereocenters. The molecule has 0 radical (unpaired) electrons. The van der Waals surface area contributed by atoms with E-state index in [1.807, 2.05) is 0 Å². The Balaban J connectivity index is 1.47. The second kappa shape index (κ2) is 10.6. The van der Waals surface area contributed by atoms with Crippen LogP contribution in [-0.4, -0.2) is 30.6 Å². The van der Waals surface area contributed by atoms with E-state index in [4.69, 9.17) is 4.74 Å². The van der Waals surface area contributed by atoms with Crippen molar-refractivity contribution < 1.29 is 27.8 Å². The minimum absolute atomic E-state index is 0.00683. The molecule has 5 rings (SSSR count). The average molecular weight is 506 g/mol. The molecule has 1 saturated heterocycles. The molecule has 0 amide bonds. The van der Waals surface area contributed by atoms with Crippen molar-refractivity contribution in [2.75, 3.05) is 19.7 Å². The summed E-state index contributed by atoms with van der Waals surface area (Å²) < 4.78 is 48.7. The molecule has 0 unspecified atom stereocenters. The van der Waals surface area contributed by atoms with E-state index < -0.39 is 23.2 Å². The summed E-state index contributed by atoms with van der Waals surface area (Å²) in [4.78, 5) is 13.7.